The van der Waals surface area contributed by atoms with Crippen molar-refractivity contribution in [3.8, 4) is 11.6 Å². The Bertz CT molecular complexity index is 863. The summed E-state index contributed by atoms with van der Waals surface area (Å²) in [5, 5.41) is 9.22. The Labute approximate surface area is 170 Å². The van der Waals surface area contributed by atoms with Gasteiger partial charge in [0.05, 0.1) is 25.8 Å². The summed E-state index contributed by atoms with van der Waals surface area (Å²) in [7, 11) is 1.64. The van der Waals surface area contributed by atoms with Gasteiger partial charge in [0.25, 0.3) is 0 Å². The molecule has 1 N–H and O–H groups in total. The molecule has 0 aromatic carbocycles. The smallest absolute Gasteiger partial charge is 0.306 e. The lowest BCUT2D eigenvalue weighted by molar-refractivity contribution is -0.142. The Kier molecular flexibility index (Phi) is 5.65. The lowest BCUT2D eigenvalue weighted by Gasteiger charge is -2.27. The Balaban J connectivity index is 1.38. The van der Waals surface area contributed by atoms with Crippen molar-refractivity contribution < 1.29 is 19.4 Å². The molecule has 0 bridgehead atoms. The third kappa shape index (κ3) is 4.49. The van der Waals surface area contributed by atoms with Crippen LogP contribution < -0.4 is 9.47 Å². The molecule has 2 fully saturated rings. The van der Waals surface area contributed by atoms with Gasteiger partial charge in [-0.3, -0.25) is 9.78 Å². The maximum atomic E-state index is 11.2. The fourth-order valence-corrected chi connectivity index (χ4v) is 4.22. The Morgan fingerprint density at radius 1 is 1.17 bits per heavy atom. The molecular formula is C22H27N3O4. The summed E-state index contributed by atoms with van der Waals surface area (Å²) in [4.78, 5) is 24.6. The summed E-state index contributed by atoms with van der Waals surface area (Å²) in [6, 6.07) is 3.96. The van der Waals surface area contributed by atoms with E-state index in [1.54, 1.807) is 13.3 Å². The Morgan fingerprint density at radius 3 is 2.62 bits per heavy atom. The van der Waals surface area contributed by atoms with Gasteiger partial charge in [0.1, 0.15) is 11.6 Å². The van der Waals surface area contributed by atoms with Gasteiger partial charge < -0.3 is 14.6 Å². The number of hydrogen-bond donors (Lipinski definition) is 1. The summed E-state index contributed by atoms with van der Waals surface area (Å²) in [6.45, 7) is 2.46. The molecule has 2 atom stereocenters. The molecular weight excluding hydrogens is 370 g/mol. The second kappa shape index (κ2) is 8.35. The lowest BCUT2D eigenvalue weighted by Crippen LogP contribution is -2.21. The van der Waals surface area contributed by atoms with Gasteiger partial charge in [0.2, 0.25) is 5.88 Å². The largest absolute Gasteiger partial charge is 0.495 e. The van der Waals surface area contributed by atoms with Crippen molar-refractivity contribution in [3.63, 3.8) is 0 Å². The van der Waals surface area contributed by atoms with Crippen LogP contribution in [0.15, 0.2) is 24.5 Å². The lowest BCUT2D eigenvalue weighted by atomic mass is 9.79. The van der Waals surface area contributed by atoms with Gasteiger partial charge in [-0.25, -0.2) is 4.98 Å². The number of carbonyl (C=O) groups is 1. The molecule has 154 valence electrons. The predicted molar refractivity (Wildman–Crippen MR) is 106 cm³/mol. The zero-order valence-corrected chi connectivity index (χ0v) is 16.9. The summed E-state index contributed by atoms with van der Waals surface area (Å²) in [5.74, 6) is 2.30. The Morgan fingerprint density at radius 2 is 1.97 bits per heavy atom. The number of methoxy groups -OCH3 is 1. The average Bonchev–Trinajstić information content (AvgIpc) is 3.52. The van der Waals surface area contributed by atoms with Gasteiger partial charge in [0, 0.05) is 29.3 Å². The maximum absolute atomic E-state index is 11.2. The molecule has 2 aliphatic rings. The van der Waals surface area contributed by atoms with E-state index in [9.17, 15) is 9.90 Å². The number of aromatic nitrogens is 3. The number of hydrogen-bond acceptors (Lipinski definition) is 6. The molecule has 0 radical (unpaired) electrons. The number of aliphatic carboxylic acids is 1. The highest BCUT2D eigenvalue weighted by molar-refractivity contribution is 5.70. The van der Waals surface area contributed by atoms with Crippen molar-refractivity contribution in [2.75, 3.05) is 13.7 Å². The summed E-state index contributed by atoms with van der Waals surface area (Å²) >= 11 is 0. The van der Waals surface area contributed by atoms with Gasteiger partial charge in [-0.2, -0.15) is 4.98 Å². The minimum atomic E-state index is -0.688. The topological polar surface area (TPSA) is 94.4 Å². The molecule has 7 heteroatoms. The van der Waals surface area contributed by atoms with Gasteiger partial charge in [-0.05, 0) is 57.1 Å². The number of carboxylic acid groups (broad SMARTS) is 1. The molecule has 2 aliphatic carbocycles. The standard InChI is InChI=1S/C22H27N3O4/c1-13-23-11-19(14-3-5-15(6-4-14)22(26)27)21(25-13)29-12-16-9-18(16)20-8-7-17(28-2)10-24-20/h7-8,10-11,14-16,18H,3-6,9,12H2,1-2H3,(H,26,27). The first kappa shape index (κ1) is 19.6. The molecule has 4 rings (SSSR count). The van der Waals surface area contributed by atoms with Crippen LogP contribution in [0, 0.1) is 18.8 Å². The number of ether oxygens (including phenoxy) is 2. The van der Waals surface area contributed by atoms with E-state index in [1.165, 1.54) is 0 Å². The molecule has 0 aliphatic heterocycles. The third-order valence-electron chi connectivity index (χ3n) is 6.15. The van der Waals surface area contributed by atoms with Crippen LogP contribution in [0.25, 0.3) is 0 Å². The van der Waals surface area contributed by atoms with Crippen molar-refractivity contribution in [1.29, 1.82) is 0 Å². The number of carboxylic acids is 1. The van der Waals surface area contributed by atoms with Crippen molar-refractivity contribution in [2.24, 2.45) is 11.8 Å². The highest BCUT2D eigenvalue weighted by Crippen LogP contribution is 2.47. The van der Waals surface area contributed by atoms with Gasteiger partial charge >= 0.3 is 5.97 Å². The predicted octanol–water partition coefficient (Wildman–Crippen LogP) is 3.73. The number of nitrogens with zero attached hydrogens (tertiary/aromatic N) is 3. The van der Waals surface area contributed by atoms with E-state index in [4.69, 9.17) is 9.47 Å². The zero-order valence-electron chi connectivity index (χ0n) is 16.9. The van der Waals surface area contributed by atoms with Gasteiger partial charge in [0.15, 0.2) is 0 Å². The monoisotopic (exact) mass is 397 g/mol. The zero-order chi connectivity index (χ0) is 20.4. The van der Waals surface area contributed by atoms with E-state index < -0.39 is 5.97 Å². The van der Waals surface area contributed by atoms with E-state index in [-0.39, 0.29) is 11.8 Å². The van der Waals surface area contributed by atoms with Gasteiger partial charge in [-0.1, -0.05) is 0 Å². The number of aryl methyl sites for hydroxylation is 1. The van der Waals surface area contributed by atoms with Gasteiger partial charge in [-0.15, -0.1) is 0 Å². The van der Waals surface area contributed by atoms with E-state index in [0.717, 1.165) is 36.3 Å². The quantitative estimate of drug-likeness (QED) is 0.761. The van der Waals surface area contributed by atoms with Crippen LogP contribution >= 0.6 is 0 Å². The molecule has 2 unspecified atom stereocenters. The second-order valence-electron chi connectivity index (χ2n) is 8.10. The van der Waals surface area contributed by atoms with E-state index >= 15 is 0 Å². The third-order valence-corrected chi connectivity index (χ3v) is 6.15. The molecule has 2 heterocycles. The number of pyridine rings is 1. The first-order valence-corrected chi connectivity index (χ1v) is 10.2. The molecule has 0 spiro atoms. The molecule has 2 saturated carbocycles. The van der Waals surface area contributed by atoms with Crippen molar-refractivity contribution in [2.45, 2.75) is 50.9 Å². The minimum Gasteiger partial charge on any atom is -0.495 e. The van der Waals surface area contributed by atoms with Crippen LogP contribution in [0.4, 0.5) is 0 Å². The molecule has 0 saturated heterocycles. The first-order chi connectivity index (χ1) is 14.0. The van der Waals surface area contributed by atoms with Crippen molar-refractivity contribution in [1.82, 2.24) is 15.0 Å². The van der Waals surface area contributed by atoms with Crippen molar-refractivity contribution in [3.05, 3.63) is 41.6 Å². The van der Waals surface area contributed by atoms with Crippen LogP contribution in [-0.2, 0) is 4.79 Å². The SMILES string of the molecule is COc1ccc(C2CC2COc2nc(C)ncc2C2CCC(C(=O)O)CC2)nc1. The highest BCUT2D eigenvalue weighted by atomic mass is 16.5. The minimum absolute atomic E-state index is 0.230. The van der Waals surface area contributed by atoms with E-state index in [2.05, 4.69) is 15.0 Å². The van der Waals surface area contributed by atoms with E-state index in [0.29, 0.717) is 43.0 Å². The maximum Gasteiger partial charge on any atom is 0.306 e. The molecule has 29 heavy (non-hydrogen) atoms. The highest BCUT2D eigenvalue weighted by Gasteiger charge is 2.40. The Hall–Kier alpha value is -2.70. The fraction of sp³-hybridized carbons (Fsp3) is 0.545. The van der Waals surface area contributed by atoms with Crippen LogP contribution in [0.2, 0.25) is 0 Å². The molecule has 2 aromatic heterocycles. The summed E-state index contributed by atoms with van der Waals surface area (Å²) < 4.78 is 11.3. The average molecular weight is 397 g/mol. The van der Waals surface area contributed by atoms with Crippen LogP contribution in [0.5, 0.6) is 11.6 Å². The molecule has 0 amide bonds. The van der Waals surface area contributed by atoms with Crippen molar-refractivity contribution >= 4 is 5.97 Å². The van der Waals surface area contributed by atoms with Crippen LogP contribution in [0.1, 0.15) is 61.0 Å². The normalized spacial score (nSPS) is 26.0. The molecule has 2 aromatic rings. The second-order valence-corrected chi connectivity index (χ2v) is 8.10. The fourth-order valence-electron chi connectivity index (χ4n) is 4.22. The van der Waals surface area contributed by atoms with Crippen LogP contribution in [0.3, 0.4) is 0 Å². The molecule has 7 nitrogen and oxygen atoms in total. The van der Waals surface area contributed by atoms with Crippen LogP contribution in [-0.4, -0.2) is 39.7 Å². The summed E-state index contributed by atoms with van der Waals surface area (Å²) in [6.07, 6.45) is 7.73. The first-order valence-electron chi connectivity index (χ1n) is 10.2. The number of rotatable bonds is 7. The summed E-state index contributed by atoms with van der Waals surface area (Å²) in [5.41, 5.74) is 2.09. The van der Waals surface area contributed by atoms with E-state index in [1.807, 2.05) is 25.3 Å².